The molecule has 3 rings (SSSR count). The fourth-order valence-electron chi connectivity index (χ4n) is 3.02. The maximum absolute atomic E-state index is 12.4. The number of rotatable bonds is 2. The molecule has 2 amide bonds. The van der Waals surface area contributed by atoms with E-state index in [1.54, 1.807) is 18.2 Å². The van der Waals surface area contributed by atoms with E-state index in [4.69, 9.17) is 29.6 Å². The van der Waals surface area contributed by atoms with Crippen LogP contribution in [0.5, 0.6) is 0 Å². The molecule has 6 heteroatoms. The average Bonchev–Trinajstić information content (AvgIpc) is 2.81. The highest BCUT2D eigenvalue weighted by atomic mass is 35.5. The lowest BCUT2D eigenvalue weighted by Gasteiger charge is -2.22. The van der Waals surface area contributed by atoms with Gasteiger partial charge in [0.25, 0.3) is 0 Å². The van der Waals surface area contributed by atoms with E-state index < -0.39 is 0 Å². The average molecular weight is 309 g/mol. The summed E-state index contributed by atoms with van der Waals surface area (Å²) in [6, 6.07) is 4.86. The van der Waals surface area contributed by atoms with Crippen LogP contribution in [0.1, 0.15) is 19.4 Å². The first-order valence-corrected chi connectivity index (χ1v) is 7.02. The van der Waals surface area contributed by atoms with E-state index in [1.807, 2.05) is 13.8 Å². The van der Waals surface area contributed by atoms with E-state index >= 15 is 0 Å². The van der Waals surface area contributed by atoms with E-state index in [-0.39, 0.29) is 34.1 Å². The Morgan fingerprint density at radius 2 is 1.85 bits per heavy atom. The van der Waals surface area contributed by atoms with Crippen LogP contribution in [0.3, 0.4) is 0 Å². The van der Waals surface area contributed by atoms with E-state index in [9.17, 15) is 9.59 Å². The van der Waals surface area contributed by atoms with Crippen LogP contribution in [-0.4, -0.2) is 16.8 Å². The molecule has 1 heterocycles. The summed E-state index contributed by atoms with van der Waals surface area (Å²) in [5.74, 6) is -0.849. The molecule has 0 radical (unpaired) electrons. The van der Waals surface area contributed by atoms with Crippen molar-refractivity contribution in [3.8, 4) is 0 Å². The van der Waals surface area contributed by atoms with Crippen LogP contribution in [0.4, 0.5) is 5.69 Å². The zero-order valence-electron chi connectivity index (χ0n) is 11.0. The third kappa shape index (κ3) is 1.63. The molecule has 2 unspecified atom stereocenters. The largest absolute Gasteiger partial charge is 0.389 e. The number of imide groups is 1. The van der Waals surface area contributed by atoms with Crippen LogP contribution in [0, 0.1) is 17.3 Å². The summed E-state index contributed by atoms with van der Waals surface area (Å²) in [6.07, 6.45) is 0. The van der Waals surface area contributed by atoms with Gasteiger partial charge in [-0.15, -0.1) is 0 Å². The molecular formula is C14H13ClN2O2S. The minimum atomic E-state index is -0.238. The molecule has 0 bridgehead atoms. The number of amides is 2. The van der Waals surface area contributed by atoms with E-state index in [0.29, 0.717) is 16.3 Å². The topological polar surface area (TPSA) is 63.4 Å². The Hall–Kier alpha value is -1.46. The lowest BCUT2D eigenvalue weighted by Crippen LogP contribution is -2.36. The molecule has 2 aliphatic rings. The maximum Gasteiger partial charge on any atom is 0.238 e. The standard InChI is InChI=1S/C14H13ClN2O2S/c1-14(2)9-10(14)13(19)17(12(9)18)8-5-6(11(16)20)3-4-7(8)15/h3-5,9-10H,1-2H3,(H2,16,20). The smallest absolute Gasteiger partial charge is 0.238 e. The van der Waals surface area contributed by atoms with Crippen LogP contribution in [0.2, 0.25) is 5.02 Å². The third-order valence-electron chi connectivity index (χ3n) is 4.27. The van der Waals surface area contributed by atoms with Crippen molar-refractivity contribution in [1.82, 2.24) is 0 Å². The van der Waals surface area contributed by atoms with Crippen LogP contribution in [0.25, 0.3) is 0 Å². The SMILES string of the molecule is CC1(C)C2C(=O)N(c3cc(C(N)=S)ccc3Cl)C(=O)C21. The number of halogens is 1. The van der Waals surface area contributed by atoms with Gasteiger partial charge < -0.3 is 5.73 Å². The Balaban J connectivity index is 2.03. The number of benzene rings is 1. The molecule has 1 saturated carbocycles. The predicted octanol–water partition coefficient (Wildman–Crippen LogP) is 2.12. The van der Waals surface area contributed by atoms with Gasteiger partial charge in [-0.1, -0.05) is 43.7 Å². The second-order valence-electron chi connectivity index (χ2n) is 5.82. The first-order chi connectivity index (χ1) is 9.26. The number of hydrogen-bond acceptors (Lipinski definition) is 3. The van der Waals surface area contributed by atoms with Crippen molar-refractivity contribution in [2.45, 2.75) is 13.8 Å². The van der Waals surface area contributed by atoms with Gasteiger partial charge in [-0.25, -0.2) is 4.90 Å². The van der Waals surface area contributed by atoms with E-state index in [0.717, 1.165) is 0 Å². The first-order valence-electron chi connectivity index (χ1n) is 6.24. The third-order valence-corrected chi connectivity index (χ3v) is 4.83. The summed E-state index contributed by atoms with van der Waals surface area (Å²) in [7, 11) is 0. The molecule has 0 spiro atoms. The Labute approximate surface area is 126 Å². The van der Waals surface area contributed by atoms with Crippen LogP contribution < -0.4 is 10.6 Å². The van der Waals surface area contributed by atoms with Gasteiger partial charge in [-0.05, 0) is 17.5 Å². The highest BCUT2D eigenvalue weighted by molar-refractivity contribution is 7.80. The molecule has 1 aliphatic heterocycles. The molecule has 4 nitrogen and oxygen atoms in total. The normalized spacial score (nSPS) is 26.6. The molecule has 2 atom stereocenters. The molecule has 1 aromatic carbocycles. The summed E-state index contributed by atoms with van der Waals surface area (Å²) in [5, 5.41) is 0.339. The van der Waals surface area contributed by atoms with Crippen molar-refractivity contribution in [1.29, 1.82) is 0 Å². The number of carbonyl (C=O) groups is 2. The lowest BCUT2D eigenvalue weighted by atomic mass is 10.0. The highest BCUT2D eigenvalue weighted by Crippen LogP contribution is 2.63. The van der Waals surface area contributed by atoms with Crippen molar-refractivity contribution >= 4 is 46.3 Å². The Morgan fingerprint density at radius 1 is 1.30 bits per heavy atom. The van der Waals surface area contributed by atoms with E-state index in [1.165, 1.54) is 4.90 Å². The van der Waals surface area contributed by atoms with Gasteiger partial charge in [0.15, 0.2) is 0 Å². The number of thiocarbonyl (C=S) groups is 1. The molecule has 1 aromatic rings. The molecule has 20 heavy (non-hydrogen) atoms. The number of hydrogen-bond donors (Lipinski definition) is 1. The minimum absolute atomic E-state index is 0.188. The quantitative estimate of drug-likeness (QED) is 0.671. The summed E-state index contributed by atoms with van der Waals surface area (Å²) < 4.78 is 0. The van der Waals surface area contributed by atoms with Crippen LogP contribution in [-0.2, 0) is 9.59 Å². The van der Waals surface area contributed by atoms with Gasteiger partial charge in [-0.2, -0.15) is 0 Å². The first kappa shape index (κ1) is 13.5. The van der Waals surface area contributed by atoms with Gasteiger partial charge in [0, 0.05) is 5.56 Å². The predicted molar refractivity (Wildman–Crippen MR) is 80.6 cm³/mol. The zero-order chi connectivity index (χ0) is 14.8. The number of fused-ring (bicyclic) bond motifs is 1. The number of piperidine rings is 1. The second-order valence-corrected chi connectivity index (χ2v) is 6.67. The van der Waals surface area contributed by atoms with Gasteiger partial charge >= 0.3 is 0 Å². The molecule has 0 aromatic heterocycles. The zero-order valence-corrected chi connectivity index (χ0v) is 12.6. The van der Waals surface area contributed by atoms with Crippen LogP contribution >= 0.6 is 23.8 Å². The van der Waals surface area contributed by atoms with Crippen molar-refractivity contribution < 1.29 is 9.59 Å². The summed E-state index contributed by atoms with van der Waals surface area (Å²) in [4.78, 5) is 26.2. The summed E-state index contributed by atoms with van der Waals surface area (Å²) in [5.41, 5.74) is 6.30. The molecule has 2 fully saturated rings. The van der Waals surface area contributed by atoms with Gasteiger partial charge in [0.1, 0.15) is 4.99 Å². The van der Waals surface area contributed by atoms with Crippen molar-refractivity contribution in [3.63, 3.8) is 0 Å². The van der Waals surface area contributed by atoms with E-state index in [2.05, 4.69) is 0 Å². The Bertz CT molecular complexity index is 647. The van der Waals surface area contributed by atoms with Crippen LogP contribution in [0.15, 0.2) is 18.2 Å². The molecule has 104 valence electrons. The monoisotopic (exact) mass is 308 g/mol. The molecule has 1 aliphatic carbocycles. The maximum atomic E-state index is 12.4. The fourth-order valence-corrected chi connectivity index (χ4v) is 3.35. The second kappa shape index (κ2) is 4.02. The van der Waals surface area contributed by atoms with Crippen molar-refractivity contribution in [2.75, 3.05) is 4.90 Å². The molecular weight excluding hydrogens is 296 g/mol. The van der Waals surface area contributed by atoms with Gasteiger partial charge in [0.2, 0.25) is 11.8 Å². The number of nitrogens with two attached hydrogens (primary N) is 1. The summed E-state index contributed by atoms with van der Waals surface area (Å²) in [6.45, 7) is 3.87. The minimum Gasteiger partial charge on any atom is -0.389 e. The highest BCUT2D eigenvalue weighted by Gasteiger charge is 2.72. The van der Waals surface area contributed by atoms with Gasteiger partial charge in [0.05, 0.1) is 22.5 Å². The fraction of sp³-hybridized carbons (Fsp3) is 0.357. The number of anilines is 1. The lowest BCUT2D eigenvalue weighted by molar-refractivity contribution is -0.125. The Morgan fingerprint density at radius 3 is 2.35 bits per heavy atom. The molecule has 1 saturated heterocycles. The van der Waals surface area contributed by atoms with Gasteiger partial charge in [-0.3, -0.25) is 9.59 Å². The van der Waals surface area contributed by atoms with Crippen molar-refractivity contribution in [2.24, 2.45) is 23.0 Å². The molecule has 2 N–H and O–H groups in total. The number of carbonyl (C=O) groups excluding carboxylic acids is 2. The van der Waals surface area contributed by atoms with Crippen molar-refractivity contribution in [3.05, 3.63) is 28.8 Å². The Kier molecular flexibility index (Phi) is 2.72. The summed E-state index contributed by atoms with van der Waals surface area (Å²) >= 11 is 11.0. The number of nitrogens with zero attached hydrogens (tertiary/aromatic N) is 1.